The largest absolute Gasteiger partial charge is 0.374 e. The highest BCUT2D eigenvalue weighted by atomic mass is 16.3. The lowest BCUT2D eigenvalue weighted by Gasteiger charge is -2.09. The Morgan fingerprint density at radius 3 is 2.91 bits per heavy atom. The smallest absolute Gasteiger partial charge is 0.121 e. The molecule has 0 aliphatic heterocycles. The molecule has 0 fully saturated rings. The van der Waals surface area contributed by atoms with Crippen molar-refractivity contribution in [2.45, 2.75) is 20.1 Å². The Labute approximate surface area is 66.1 Å². The lowest BCUT2D eigenvalue weighted by atomic mass is 10.3. The number of aliphatic hydroxyl groups excluding tert-OH is 1. The van der Waals surface area contributed by atoms with Gasteiger partial charge in [-0.25, -0.2) is 0 Å². The predicted molar refractivity (Wildman–Crippen MR) is 44.3 cm³/mol. The Bertz CT molecular complexity index is 235. The van der Waals surface area contributed by atoms with Crippen LogP contribution in [0.4, 0.5) is 5.69 Å². The number of aryl methyl sites for hydroxylation is 1. The highest BCUT2D eigenvalue weighted by Crippen LogP contribution is 2.10. The molecule has 1 unspecified atom stereocenters. The standard InChI is InChI=1S/C8H12N2O/c1-6-8(10-7(2)11)4-3-5-9-6/h3-5,7,10-11H,1-2H3. The lowest BCUT2D eigenvalue weighted by molar-refractivity contribution is 0.224. The van der Waals surface area contributed by atoms with Gasteiger partial charge in [-0.1, -0.05) is 0 Å². The Kier molecular flexibility index (Phi) is 2.44. The third kappa shape index (κ3) is 2.20. The molecule has 1 aromatic rings. The van der Waals surface area contributed by atoms with Gasteiger partial charge in [0.05, 0.1) is 11.4 Å². The van der Waals surface area contributed by atoms with Gasteiger partial charge in [-0.15, -0.1) is 0 Å². The molecule has 11 heavy (non-hydrogen) atoms. The maximum atomic E-state index is 8.99. The fourth-order valence-corrected chi connectivity index (χ4v) is 0.862. The summed E-state index contributed by atoms with van der Waals surface area (Å²) in [4.78, 5) is 4.06. The summed E-state index contributed by atoms with van der Waals surface area (Å²) in [6.45, 7) is 3.57. The van der Waals surface area contributed by atoms with E-state index in [0.29, 0.717) is 0 Å². The minimum Gasteiger partial charge on any atom is -0.374 e. The zero-order valence-electron chi connectivity index (χ0n) is 6.70. The molecular formula is C8H12N2O. The Morgan fingerprint density at radius 2 is 2.36 bits per heavy atom. The second kappa shape index (κ2) is 3.34. The molecule has 0 saturated heterocycles. The van der Waals surface area contributed by atoms with Crippen LogP contribution in [-0.2, 0) is 0 Å². The molecule has 0 bridgehead atoms. The molecule has 0 aliphatic carbocycles. The summed E-state index contributed by atoms with van der Waals surface area (Å²) in [6, 6.07) is 3.72. The van der Waals surface area contributed by atoms with Crippen LogP contribution >= 0.6 is 0 Å². The quantitative estimate of drug-likeness (QED) is 0.624. The third-order valence-electron chi connectivity index (χ3n) is 1.37. The number of hydrogen-bond acceptors (Lipinski definition) is 3. The van der Waals surface area contributed by atoms with E-state index in [2.05, 4.69) is 10.3 Å². The normalized spacial score (nSPS) is 12.6. The molecule has 0 aliphatic rings. The average Bonchev–Trinajstić information content (AvgIpc) is 1.93. The van der Waals surface area contributed by atoms with Crippen molar-refractivity contribution in [2.75, 3.05) is 5.32 Å². The number of pyridine rings is 1. The van der Waals surface area contributed by atoms with Crippen molar-refractivity contribution in [1.29, 1.82) is 0 Å². The molecule has 1 heterocycles. The number of aliphatic hydroxyl groups is 1. The fourth-order valence-electron chi connectivity index (χ4n) is 0.862. The van der Waals surface area contributed by atoms with E-state index in [9.17, 15) is 0 Å². The first-order chi connectivity index (χ1) is 5.20. The summed E-state index contributed by atoms with van der Waals surface area (Å²) >= 11 is 0. The van der Waals surface area contributed by atoms with Gasteiger partial charge in [0.2, 0.25) is 0 Å². The van der Waals surface area contributed by atoms with Gasteiger partial charge in [0.15, 0.2) is 0 Å². The third-order valence-corrected chi connectivity index (χ3v) is 1.37. The van der Waals surface area contributed by atoms with E-state index in [-0.39, 0.29) is 0 Å². The number of hydrogen-bond donors (Lipinski definition) is 2. The van der Waals surface area contributed by atoms with Crippen LogP contribution in [0.5, 0.6) is 0 Å². The molecule has 1 atom stereocenters. The molecule has 0 aromatic carbocycles. The molecule has 3 heteroatoms. The molecule has 3 nitrogen and oxygen atoms in total. The van der Waals surface area contributed by atoms with Crippen molar-refractivity contribution in [3.8, 4) is 0 Å². The first kappa shape index (κ1) is 8.01. The van der Waals surface area contributed by atoms with Crippen molar-refractivity contribution in [3.63, 3.8) is 0 Å². The molecule has 0 radical (unpaired) electrons. The van der Waals surface area contributed by atoms with E-state index in [1.165, 1.54) is 0 Å². The van der Waals surface area contributed by atoms with Gasteiger partial charge in [0, 0.05) is 6.20 Å². The number of aromatic nitrogens is 1. The topological polar surface area (TPSA) is 45.2 Å². The van der Waals surface area contributed by atoms with Crippen LogP contribution in [0.1, 0.15) is 12.6 Å². The highest BCUT2D eigenvalue weighted by molar-refractivity contribution is 5.46. The summed E-state index contributed by atoms with van der Waals surface area (Å²) in [5, 5.41) is 11.9. The Hall–Kier alpha value is -1.09. The van der Waals surface area contributed by atoms with Gasteiger partial charge in [-0.3, -0.25) is 4.98 Å². The SMILES string of the molecule is Cc1ncccc1NC(C)O. The summed E-state index contributed by atoms with van der Waals surface area (Å²) < 4.78 is 0. The summed E-state index contributed by atoms with van der Waals surface area (Å²) in [6.07, 6.45) is 1.20. The van der Waals surface area contributed by atoms with Crippen LogP contribution in [0.3, 0.4) is 0 Å². The first-order valence-corrected chi connectivity index (χ1v) is 3.56. The maximum Gasteiger partial charge on any atom is 0.121 e. The number of nitrogens with one attached hydrogen (secondary N) is 1. The molecule has 0 amide bonds. The van der Waals surface area contributed by atoms with E-state index < -0.39 is 6.23 Å². The fraction of sp³-hybridized carbons (Fsp3) is 0.375. The van der Waals surface area contributed by atoms with Crippen molar-refractivity contribution >= 4 is 5.69 Å². The summed E-state index contributed by atoms with van der Waals surface area (Å²) in [7, 11) is 0. The molecule has 1 rings (SSSR count). The van der Waals surface area contributed by atoms with E-state index in [4.69, 9.17) is 5.11 Å². The minimum absolute atomic E-state index is 0.530. The van der Waals surface area contributed by atoms with E-state index >= 15 is 0 Å². The molecule has 1 aromatic heterocycles. The number of anilines is 1. The molecule has 60 valence electrons. The minimum atomic E-state index is -0.530. The van der Waals surface area contributed by atoms with Crippen LogP contribution in [-0.4, -0.2) is 16.3 Å². The monoisotopic (exact) mass is 152 g/mol. The molecule has 0 saturated carbocycles. The second-order valence-corrected chi connectivity index (χ2v) is 2.46. The predicted octanol–water partition coefficient (Wildman–Crippen LogP) is 1.14. The van der Waals surface area contributed by atoms with E-state index in [1.54, 1.807) is 13.1 Å². The van der Waals surface area contributed by atoms with Crippen LogP contribution in [0.2, 0.25) is 0 Å². The van der Waals surface area contributed by atoms with Crippen molar-refractivity contribution < 1.29 is 5.11 Å². The van der Waals surface area contributed by atoms with E-state index in [1.807, 2.05) is 19.1 Å². The zero-order chi connectivity index (χ0) is 8.27. The second-order valence-electron chi connectivity index (χ2n) is 2.46. The average molecular weight is 152 g/mol. The first-order valence-electron chi connectivity index (χ1n) is 3.56. The van der Waals surface area contributed by atoms with Crippen LogP contribution in [0.25, 0.3) is 0 Å². The van der Waals surface area contributed by atoms with Gasteiger partial charge >= 0.3 is 0 Å². The summed E-state index contributed by atoms with van der Waals surface area (Å²) in [5.41, 5.74) is 1.77. The van der Waals surface area contributed by atoms with Crippen LogP contribution in [0.15, 0.2) is 18.3 Å². The summed E-state index contributed by atoms with van der Waals surface area (Å²) in [5.74, 6) is 0. The maximum absolute atomic E-state index is 8.99. The Morgan fingerprint density at radius 1 is 1.64 bits per heavy atom. The Balaban J connectivity index is 2.78. The lowest BCUT2D eigenvalue weighted by Crippen LogP contribution is -2.14. The van der Waals surface area contributed by atoms with Crippen molar-refractivity contribution in [3.05, 3.63) is 24.0 Å². The molecule has 2 N–H and O–H groups in total. The number of rotatable bonds is 2. The van der Waals surface area contributed by atoms with Crippen molar-refractivity contribution in [1.82, 2.24) is 4.98 Å². The number of nitrogens with zero attached hydrogens (tertiary/aromatic N) is 1. The van der Waals surface area contributed by atoms with Crippen molar-refractivity contribution in [2.24, 2.45) is 0 Å². The van der Waals surface area contributed by atoms with Gasteiger partial charge in [0.1, 0.15) is 6.23 Å². The zero-order valence-corrected chi connectivity index (χ0v) is 6.70. The van der Waals surface area contributed by atoms with Gasteiger partial charge < -0.3 is 10.4 Å². The molecule has 0 spiro atoms. The van der Waals surface area contributed by atoms with Crippen LogP contribution < -0.4 is 5.32 Å². The molecular weight excluding hydrogens is 140 g/mol. The highest BCUT2D eigenvalue weighted by Gasteiger charge is 1.98. The van der Waals surface area contributed by atoms with Crippen LogP contribution in [0, 0.1) is 6.92 Å². The van der Waals surface area contributed by atoms with Gasteiger partial charge in [0.25, 0.3) is 0 Å². The van der Waals surface area contributed by atoms with Gasteiger partial charge in [-0.2, -0.15) is 0 Å². The van der Waals surface area contributed by atoms with Gasteiger partial charge in [-0.05, 0) is 26.0 Å². The van der Waals surface area contributed by atoms with E-state index in [0.717, 1.165) is 11.4 Å².